The van der Waals surface area contributed by atoms with Crippen LogP contribution in [0, 0.1) is 25.2 Å². The molecule has 7 nitrogen and oxygen atoms in total. The molecule has 0 fully saturated rings. The van der Waals surface area contributed by atoms with Gasteiger partial charge in [0.05, 0.1) is 35.6 Å². The van der Waals surface area contributed by atoms with Gasteiger partial charge in [-0.2, -0.15) is 5.26 Å². The van der Waals surface area contributed by atoms with Crippen LogP contribution >= 0.6 is 0 Å². The molecule has 2 aromatic carbocycles. The van der Waals surface area contributed by atoms with Gasteiger partial charge in [-0.15, -0.1) is 0 Å². The Morgan fingerprint density at radius 3 is 2.66 bits per heavy atom. The zero-order valence-electron chi connectivity index (χ0n) is 16.4. The molecule has 0 N–H and O–H groups in total. The Hall–Kier alpha value is -3.79. The van der Waals surface area contributed by atoms with Crippen molar-refractivity contribution in [1.82, 2.24) is 5.16 Å². The fourth-order valence-corrected chi connectivity index (χ4v) is 2.73. The number of carbonyl (C=O) groups excluding carboxylic acids is 1. The van der Waals surface area contributed by atoms with Crippen LogP contribution in [-0.2, 0) is 18.0 Å². The number of esters is 1. The maximum absolute atomic E-state index is 12.4. The third kappa shape index (κ3) is 4.74. The second-order valence-electron chi connectivity index (χ2n) is 6.35. The Morgan fingerprint density at radius 1 is 1.14 bits per heavy atom. The minimum absolute atomic E-state index is 0.0704. The first-order valence-corrected chi connectivity index (χ1v) is 8.90. The summed E-state index contributed by atoms with van der Waals surface area (Å²) < 4.78 is 21.6. The Labute approximate surface area is 168 Å². The molecule has 0 radical (unpaired) electrons. The zero-order chi connectivity index (χ0) is 20.8. The first kappa shape index (κ1) is 20.0. The molecule has 3 aromatic rings. The number of carbonyl (C=O) groups is 1. The first-order chi connectivity index (χ1) is 14.0. The van der Waals surface area contributed by atoms with Crippen LogP contribution in [0.1, 0.15) is 38.5 Å². The number of methoxy groups -OCH3 is 1. The Balaban J connectivity index is 1.67. The summed E-state index contributed by atoms with van der Waals surface area (Å²) in [6.45, 7) is 4.01. The molecule has 1 aromatic heterocycles. The quantitative estimate of drug-likeness (QED) is 0.559. The van der Waals surface area contributed by atoms with Crippen molar-refractivity contribution in [3.8, 4) is 17.6 Å². The molecular formula is C22H20N2O5. The molecule has 148 valence electrons. The summed E-state index contributed by atoms with van der Waals surface area (Å²) in [4.78, 5) is 12.4. The molecule has 0 unspecified atom stereocenters. The average Bonchev–Trinajstić information content (AvgIpc) is 3.07. The normalized spacial score (nSPS) is 10.3. The molecule has 0 spiro atoms. The third-order valence-electron chi connectivity index (χ3n) is 4.38. The minimum Gasteiger partial charge on any atom is -0.493 e. The fourth-order valence-electron chi connectivity index (χ4n) is 2.73. The Bertz CT molecular complexity index is 1050. The molecule has 0 saturated carbocycles. The molecule has 3 rings (SSSR count). The van der Waals surface area contributed by atoms with Crippen LogP contribution in [0.3, 0.4) is 0 Å². The smallest absolute Gasteiger partial charge is 0.338 e. The molecule has 0 amide bonds. The van der Waals surface area contributed by atoms with Crippen LogP contribution in [0.25, 0.3) is 0 Å². The van der Waals surface area contributed by atoms with Gasteiger partial charge in [-0.05, 0) is 49.7 Å². The lowest BCUT2D eigenvalue weighted by atomic mass is 10.1. The monoisotopic (exact) mass is 392 g/mol. The van der Waals surface area contributed by atoms with Crippen molar-refractivity contribution in [1.29, 1.82) is 5.26 Å². The number of nitriles is 1. The highest BCUT2D eigenvalue weighted by atomic mass is 16.5. The maximum Gasteiger partial charge on any atom is 0.338 e. The minimum atomic E-state index is -0.497. The van der Waals surface area contributed by atoms with E-state index < -0.39 is 5.97 Å². The number of nitrogens with zero attached hydrogens (tertiary/aromatic N) is 2. The number of aryl methyl sites for hydroxylation is 2. The summed E-state index contributed by atoms with van der Waals surface area (Å²) in [5, 5.41) is 12.8. The van der Waals surface area contributed by atoms with Gasteiger partial charge in [-0.1, -0.05) is 17.3 Å². The van der Waals surface area contributed by atoms with E-state index in [9.17, 15) is 4.79 Å². The van der Waals surface area contributed by atoms with Gasteiger partial charge >= 0.3 is 5.97 Å². The predicted octanol–water partition coefficient (Wildman–Crippen LogP) is 4.11. The largest absolute Gasteiger partial charge is 0.493 e. The van der Waals surface area contributed by atoms with E-state index in [4.69, 9.17) is 24.0 Å². The number of hydrogen-bond acceptors (Lipinski definition) is 7. The van der Waals surface area contributed by atoms with Gasteiger partial charge < -0.3 is 18.7 Å². The van der Waals surface area contributed by atoms with Crippen LogP contribution in [0.5, 0.6) is 11.5 Å². The second-order valence-corrected chi connectivity index (χ2v) is 6.35. The number of benzene rings is 2. The predicted molar refractivity (Wildman–Crippen MR) is 104 cm³/mol. The van der Waals surface area contributed by atoms with Crippen LogP contribution in [0.4, 0.5) is 0 Å². The van der Waals surface area contributed by atoms with Gasteiger partial charge in [0.1, 0.15) is 19.0 Å². The van der Waals surface area contributed by atoms with Crippen LogP contribution < -0.4 is 9.47 Å². The Kier molecular flexibility index (Phi) is 6.15. The molecule has 0 atom stereocenters. The second kappa shape index (κ2) is 8.93. The van der Waals surface area contributed by atoms with Crippen molar-refractivity contribution in [2.24, 2.45) is 0 Å². The van der Waals surface area contributed by atoms with Crippen molar-refractivity contribution >= 4 is 5.97 Å². The van der Waals surface area contributed by atoms with E-state index in [1.807, 2.05) is 13.8 Å². The van der Waals surface area contributed by atoms with E-state index in [-0.39, 0.29) is 13.2 Å². The summed E-state index contributed by atoms with van der Waals surface area (Å²) in [5.41, 5.74) is 3.23. The maximum atomic E-state index is 12.4. The molecule has 1 heterocycles. The van der Waals surface area contributed by atoms with Gasteiger partial charge in [-0.25, -0.2) is 4.79 Å². The lowest BCUT2D eigenvalue weighted by molar-refractivity contribution is 0.0472. The molecule has 7 heteroatoms. The molecular weight excluding hydrogens is 372 g/mol. The SMILES string of the molecule is COc1cc(C(=O)OCc2cccc(C#N)c2)ccc1OCc1c(C)noc1C. The lowest BCUT2D eigenvalue weighted by Gasteiger charge is -2.12. The topological polar surface area (TPSA) is 94.6 Å². The van der Waals surface area contributed by atoms with Gasteiger partial charge in [0.25, 0.3) is 0 Å². The standard InChI is InChI=1S/C22H20N2O5/c1-14-19(15(2)29-24-14)13-27-20-8-7-18(10-21(20)26-3)22(25)28-12-17-6-4-5-16(9-17)11-23/h4-10H,12-13H2,1-3H3. The van der Waals surface area contributed by atoms with Gasteiger partial charge in [0, 0.05) is 0 Å². The molecule has 0 saturated heterocycles. The van der Waals surface area contributed by atoms with Crippen LogP contribution in [0.15, 0.2) is 47.0 Å². The summed E-state index contributed by atoms with van der Waals surface area (Å²) in [7, 11) is 1.50. The van der Waals surface area contributed by atoms with E-state index in [0.717, 1.165) is 16.8 Å². The first-order valence-electron chi connectivity index (χ1n) is 8.90. The van der Waals surface area contributed by atoms with Crippen LogP contribution in [-0.4, -0.2) is 18.2 Å². The van der Waals surface area contributed by atoms with Crippen molar-refractivity contribution in [3.05, 3.63) is 76.2 Å². The van der Waals surface area contributed by atoms with Gasteiger partial charge in [0.2, 0.25) is 0 Å². The molecule has 0 aliphatic rings. The molecule has 0 aliphatic carbocycles. The van der Waals surface area contributed by atoms with Crippen molar-refractivity contribution in [2.45, 2.75) is 27.1 Å². The number of ether oxygens (including phenoxy) is 3. The average molecular weight is 392 g/mol. The van der Waals surface area contributed by atoms with Gasteiger partial charge in [-0.3, -0.25) is 0 Å². The van der Waals surface area contributed by atoms with E-state index in [0.29, 0.717) is 28.4 Å². The summed E-state index contributed by atoms with van der Waals surface area (Å²) in [6, 6.07) is 13.8. The Morgan fingerprint density at radius 2 is 1.97 bits per heavy atom. The van der Waals surface area contributed by atoms with E-state index in [1.165, 1.54) is 7.11 Å². The molecule has 29 heavy (non-hydrogen) atoms. The summed E-state index contributed by atoms with van der Waals surface area (Å²) >= 11 is 0. The fraction of sp³-hybridized carbons (Fsp3) is 0.227. The number of aromatic nitrogens is 1. The van der Waals surface area contributed by atoms with E-state index in [1.54, 1.807) is 42.5 Å². The van der Waals surface area contributed by atoms with Crippen molar-refractivity contribution < 1.29 is 23.5 Å². The summed E-state index contributed by atoms with van der Waals surface area (Å²) in [6.07, 6.45) is 0. The van der Waals surface area contributed by atoms with E-state index >= 15 is 0 Å². The van der Waals surface area contributed by atoms with E-state index in [2.05, 4.69) is 11.2 Å². The molecule has 0 aliphatic heterocycles. The van der Waals surface area contributed by atoms with Crippen LogP contribution in [0.2, 0.25) is 0 Å². The van der Waals surface area contributed by atoms with Gasteiger partial charge in [0.15, 0.2) is 11.5 Å². The lowest BCUT2D eigenvalue weighted by Crippen LogP contribution is -2.06. The summed E-state index contributed by atoms with van der Waals surface area (Å²) in [5.74, 6) is 1.11. The van der Waals surface area contributed by atoms with Crippen molar-refractivity contribution in [3.63, 3.8) is 0 Å². The highest BCUT2D eigenvalue weighted by Gasteiger charge is 2.15. The van der Waals surface area contributed by atoms with Crippen molar-refractivity contribution in [2.75, 3.05) is 7.11 Å². The molecule has 0 bridgehead atoms. The number of hydrogen-bond donors (Lipinski definition) is 0. The number of rotatable bonds is 7. The zero-order valence-corrected chi connectivity index (χ0v) is 16.4. The highest BCUT2D eigenvalue weighted by Crippen LogP contribution is 2.30. The third-order valence-corrected chi connectivity index (χ3v) is 4.38. The highest BCUT2D eigenvalue weighted by molar-refractivity contribution is 5.90.